The fraction of sp³-hybridized carbons (Fsp3) is 0.333. The Bertz CT molecular complexity index is 897. The summed E-state index contributed by atoms with van der Waals surface area (Å²) in [7, 11) is 3.36. The van der Waals surface area contributed by atoms with Crippen LogP contribution < -0.4 is 4.74 Å². The Kier molecular flexibility index (Phi) is 4.26. The van der Waals surface area contributed by atoms with Crippen LogP contribution in [0.25, 0.3) is 11.1 Å². The summed E-state index contributed by atoms with van der Waals surface area (Å²) in [5, 5.41) is 0. The number of rotatable bonds is 3. The van der Waals surface area contributed by atoms with Gasteiger partial charge in [0.2, 0.25) is 0 Å². The number of hydrogen-bond acceptors (Lipinski definition) is 4. The van der Waals surface area contributed by atoms with Crippen LogP contribution in [-0.2, 0) is 4.74 Å². The molecular formula is C21H22N2O4. The number of likely N-dealkylation sites (tertiary alicyclic amines) is 1. The third-order valence-corrected chi connectivity index (χ3v) is 5.27. The van der Waals surface area contributed by atoms with E-state index in [-0.39, 0.29) is 12.0 Å². The van der Waals surface area contributed by atoms with E-state index in [4.69, 9.17) is 9.47 Å². The molecule has 2 aromatic carbocycles. The molecule has 2 saturated heterocycles. The maximum atomic E-state index is 13.0. The Hall–Kier alpha value is -3.02. The molecule has 2 aliphatic heterocycles. The molecule has 2 fully saturated rings. The van der Waals surface area contributed by atoms with Gasteiger partial charge in [0, 0.05) is 31.1 Å². The first-order chi connectivity index (χ1) is 13.0. The number of nitrogens with zero attached hydrogens (tertiary/aromatic N) is 2. The Balaban J connectivity index is 1.56. The van der Waals surface area contributed by atoms with Gasteiger partial charge in [-0.05, 0) is 23.8 Å². The summed E-state index contributed by atoms with van der Waals surface area (Å²) in [4.78, 5) is 28.1. The molecule has 0 radical (unpaired) electrons. The predicted octanol–water partition coefficient (Wildman–Crippen LogP) is 3.03. The molecule has 2 aliphatic rings. The third kappa shape index (κ3) is 3.12. The largest absolute Gasteiger partial charge is 0.496 e. The molecule has 2 aromatic rings. The van der Waals surface area contributed by atoms with Crippen LogP contribution in [-0.4, -0.2) is 61.2 Å². The lowest BCUT2D eigenvalue weighted by atomic mass is 10.0. The van der Waals surface area contributed by atoms with Crippen LogP contribution in [0.4, 0.5) is 4.79 Å². The van der Waals surface area contributed by atoms with Crippen LogP contribution in [0.2, 0.25) is 0 Å². The summed E-state index contributed by atoms with van der Waals surface area (Å²) in [6.07, 6.45) is 0.351. The Morgan fingerprint density at radius 3 is 2.70 bits per heavy atom. The van der Waals surface area contributed by atoms with Crippen LogP contribution in [0.15, 0.2) is 48.5 Å². The van der Waals surface area contributed by atoms with Gasteiger partial charge in [-0.2, -0.15) is 0 Å². The molecule has 2 heterocycles. The lowest BCUT2D eigenvalue weighted by Crippen LogP contribution is -2.39. The number of benzene rings is 2. The average Bonchev–Trinajstić information content (AvgIpc) is 3.23. The quantitative estimate of drug-likeness (QED) is 0.838. The lowest BCUT2D eigenvalue weighted by Gasteiger charge is -2.22. The highest BCUT2D eigenvalue weighted by Gasteiger charge is 2.49. The molecule has 4 rings (SSSR count). The first-order valence-corrected chi connectivity index (χ1v) is 8.98. The molecule has 6 nitrogen and oxygen atoms in total. The van der Waals surface area contributed by atoms with Gasteiger partial charge in [0.1, 0.15) is 5.75 Å². The smallest absolute Gasteiger partial charge is 0.410 e. The zero-order valence-corrected chi connectivity index (χ0v) is 15.5. The molecule has 0 aliphatic carbocycles. The van der Waals surface area contributed by atoms with Gasteiger partial charge in [-0.3, -0.25) is 4.79 Å². The van der Waals surface area contributed by atoms with E-state index < -0.39 is 5.60 Å². The summed E-state index contributed by atoms with van der Waals surface area (Å²) >= 11 is 0. The number of methoxy groups -OCH3 is 1. The Morgan fingerprint density at radius 2 is 1.96 bits per heavy atom. The Labute approximate surface area is 158 Å². The van der Waals surface area contributed by atoms with Crippen molar-refractivity contribution in [1.29, 1.82) is 0 Å². The second-order valence-corrected chi connectivity index (χ2v) is 7.16. The van der Waals surface area contributed by atoms with E-state index in [2.05, 4.69) is 0 Å². The highest BCUT2D eigenvalue weighted by Crippen LogP contribution is 2.34. The van der Waals surface area contributed by atoms with Gasteiger partial charge in [0.15, 0.2) is 5.60 Å². The van der Waals surface area contributed by atoms with Crippen molar-refractivity contribution in [2.45, 2.75) is 12.0 Å². The van der Waals surface area contributed by atoms with Crippen molar-refractivity contribution in [3.63, 3.8) is 0 Å². The molecule has 0 unspecified atom stereocenters. The van der Waals surface area contributed by atoms with E-state index in [0.29, 0.717) is 31.6 Å². The fourth-order valence-electron chi connectivity index (χ4n) is 3.91. The first kappa shape index (κ1) is 17.4. The zero-order valence-electron chi connectivity index (χ0n) is 15.5. The minimum atomic E-state index is -0.568. The molecule has 140 valence electrons. The predicted molar refractivity (Wildman–Crippen MR) is 101 cm³/mol. The highest BCUT2D eigenvalue weighted by atomic mass is 16.6. The van der Waals surface area contributed by atoms with Crippen molar-refractivity contribution in [2.24, 2.45) is 0 Å². The second kappa shape index (κ2) is 6.61. The first-order valence-electron chi connectivity index (χ1n) is 8.98. The molecular weight excluding hydrogens is 344 g/mol. The molecule has 0 aromatic heterocycles. The number of para-hydroxylation sites is 1. The van der Waals surface area contributed by atoms with Gasteiger partial charge < -0.3 is 19.3 Å². The number of ether oxygens (including phenoxy) is 2. The maximum absolute atomic E-state index is 13.0. The van der Waals surface area contributed by atoms with Crippen molar-refractivity contribution in [1.82, 2.24) is 9.80 Å². The fourth-order valence-corrected chi connectivity index (χ4v) is 3.91. The van der Waals surface area contributed by atoms with Crippen molar-refractivity contribution in [3.05, 3.63) is 54.1 Å². The number of likely N-dealkylation sites (N-methyl/N-ethyl adjacent to an activating group) is 1. The van der Waals surface area contributed by atoms with Crippen LogP contribution in [0.1, 0.15) is 16.8 Å². The van der Waals surface area contributed by atoms with Crippen molar-refractivity contribution >= 4 is 12.0 Å². The molecule has 0 N–H and O–H groups in total. The molecule has 1 spiro atoms. The van der Waals surface area contributed by atoms with E-state index >= 15 is 0 Å². The van der Waals surface area contributed by atoms with E-state index in [9.17, 15) is 9.59 Å². The maximum Gasteiger partial charge on any atom is 0.410 e. The van der Waals surface area contributed by atoms with Gasteiger partial charge in [0.05, 0.1) is 20.2 Å². The van der Waals surface area contributed by atoms with Crippen LogP contribution in [0.3, 0.4) is 0 Å². The summed E-state index contributed by atoms with van der Waals surface area (Å²) in [5.74, 6) is 0.720. The zero-order chi connectivity index (χ0) is 19.0. The van der Waals surface area contributed by atoms with Gasteiger partial charge in [-0.25, -0.2) is 4.79 Å². The third-order valence-electron chi connectivity index (χ3n) is 5.27. The minimum absolute atomic E-state index is 0.0470. The lowest BCUT2D eigenvalue weighted by molar-refractivity contribution is 0.0553. The average molecular weight is 366 g/mol. The van der Waals surface area contributed by atoms with Crippen LogP contribution in [0, 0.1) is 0 Å². The Morgan fingerprint density at radius 1 is 1.15 bits per heavy atom. The van der Waals surface area contributed by atoms with E-state index in [0.717, 1.165) is 16.9 Å². The molecule has 6 heteroatoms. The molecule has 0 saturated carbocycles. The van der Waals surface area contributed by atoms with Gasteiger partial charge in [-0.1, -0.05) is 30.3 Å². The van der Waals surface area contributed by atoms with Crippen molar-refractivity contribution < 1.29 is 19.1 Å². The van der Waals surface area contributed by atoms with E-state index in [1.54, 1.807) is 24.0 Å². The highest BCUT2D eigenvalue weighted by molar-refractivity contribution is 5.96. The van der Waals surface area contributed by atoms with Gasteiger partial charge >= 0.3 is 6.09 Å². The van der Waals surface area contributed by atoms with Crippen LogP contribution >= 0.6 is 0 Å². The number of carbonyl (C=O) groups is 2. The standard InChI is InChI=1S/C21H22N2O4/c1-22-13-21(27-20(22)25)10-11-23(14-21)19(24)16-7-5-6-15(12-16)17-8-3-4-9-18(17)26-2/h3-9,12H,10-11,13-14H2,1-2H3/t21-/m1/s1. The monoisotopic (exact) mass is 366 g/mol. The van der Waals surface area contributed by atoms with Crippen molar-refractivity contribution in [2.75, 3.05) is 33.8 Å². The van der Waals surface area contributed by atoms with Crippen molar-refractivity contribution in [3.8, 4) is 16.9 Å². The normalized spacial score (nSPS) is 21.6. The van der Waals surface area contributed by atoms with E-state index in [1.807, 2.05) is 48.5 Å². The summed E-state index contributed by atoms with van der Waals surface area (Å²) in [6, 6.07) is 15.3. The van der Waals surface area contributed by atoms with Crippen LogP contribution in [0.5, 0.6) is 5.75 Å². The van der Waals surface area contributed by atoms with Gasteiger partial charge in [-0.15, -0.1) is 0 Å². The van der Waals surface area contributed by atoms with E-state index in [1.165, 1.54) is 0 Å². The topological polar surface area (TPSA) is 59.1 Å². The van der Waals surface area contributed by atoms with Gasteiger partial charge in [0.25, 0.3) is 5.91 Å². The minimum Gasteiger partial charge on any atom is -0.496 e. The molecule has 1 atom stereocenters. The summed E-state index contributed by atoms with van der Waals surface area (Å²) in [6.45, 7) is 1.54. The summed E-state index contributed by atoms with van der Waals surface area (Å²) < 4.78 is 11.0. The molecule has 27 heavy (non-hydrogen) atoms. The number of amides is 2. The number of hydrogen-bond donors (Lipinski definition) is 0. The SMILES string of the molecule is COc1ccccc1-c1cccc(C(=O)N2CC[C@@]3(CN(C)C(=O)O3)C2)c1. The molecule has 2 amide bonds. The summed E-state index contributed by atoms with van der Waals surface area (Å²) in [5.41, 5.74) is 1.92. The second-order valence-electron chi connectivity index (χ2n) is 7.16. The number of carbonyl (C=O) groups excluding carboxylic acids is 2. The molecule has 0 bridgehead atoms.